The van der Waals surface area contributed by atoms with Crippen LogP contribution in [0.4, 0.5) is 0 Å². The highest BCUT2D eigenvalue weighted by Crippen LogP contribution is 2.12. The smallest absolute Gasteiger partial charge is 0.313 e. The molecule has 0 N–H and O–H groups in total. The number of hydrogen-bond donors (Lipinski definition) is 0. The van der Waals surface area contributed by atoms with E-state index in [2.05, 4.69) is 19.1 Å². The summed E-state index contributed by atoms with van der Waals surface area (Å²) in [4.78, 5) is 22.8. The van der Waals surface area contributed by atoms with Crippen LogP contribution in [0.2, 0.25) is 0 Å². The Morgan fingerprint density at radius 3 is 2.29 bits per heavy atom. The van der Waals surface area contributed by atoms with Crippen LogP contribution < -0.4 is 0 Å². The average Bonchev–Trinajstić information content (AvgIpc) is 2.57. The van der Waals surface area contributed by atoms with Gasteiger partial charge >= 0.3 is 5.97 Å². The highest BCUT2D eigenvalue weighted by atomic mass is 16.5. The first kappa shape index (κ1) is 20.1. The zero-order valence-corrected chi connectivity index (χ0v) is 15.1. The van der Waals surface area contributed by atoms with Crippen LogP contribution in [0.1, 0.15) is 69.9 Å². The number of ether oxygens (including phenoxy) is 1. The molecule has 0 aromatic heterocycles. The lowest BCUT2D eigenvalue weighted by molar-refractivity contribution is -0.144. The molecule has 0 amide bonds. The summed E-state index contributed by atoms with van der Waals surface area (Å²) < 4.78 is 4.75. The lowest BCUT2D eigenvalue weighted by Crippen LogP contribution is -2.08. The second-order valence-corrected chi connectivity index (χ2v) is 6.04. The molecule has 0 aliphatic heterocycles. The third kappa shape index (κ3) is 9.29. The Morgan fingerprint density at radius 2 is 1.62 bits per heavy atom. The molecule has 3 nitrogen and oxygen atoms in total. The molecule has 0 radical (unpaired) electrons. The van der Waals surface area contributed by atoms with Gasteiger partial charge in [-0.3, -0.25) is 9.59 Å². The largest absolute Gasteiger partial charge is 0.466 e. The summed E-state index contributed by atoms with van der Waals surface area (Å²) >= 11 is 0. The summed E-state index contributed by atoms with van der Waals surface area (Å²) in [6.07, 6.45) is 11.9. The normalized spacial score (nSPS) is 10.9. The number of carbonyl (C=O) groups is 2. The maximum absolute atomic E-state index is 11.6. The van der Waals surface area contributed by atoms with E-state index in [0.29, 0.717) is 6.61 Å². The van der Waals surface area contributed by atoms with E-state index in [1.165, 1.54) is 50.2 Å². The summed E-state index contributed by atoms with van der Waals surface area (Å²) in [5, 5.41) is 0. The number of aryl methyl sites for hydroxylation is 1. The van der Waals surface area contributed by atoms with Crippen molar-refractivity contribution in [2.24, 2.45) is 0 Å². The van der Waals surface area contributed by atoms with Crippen LogP contribution in [0.5, 0.6) is 0 Å². The summed E-state index contributed by atoms with van der Waals surface area (Å²) in [7, 11) is 0. The van der Waals surface area contributed by atoms with Crippen molar-refractivity contribution in [1.29, 1.82) is 0 Å². The third-order valence-electron chi connectivity index (χ3n) is 3.88. The maximum Gasteiger partial charge on any atom is 0.313 e. The molecule has 24 heavy (non-hydrogen) atoms. The number of ketones is 1. The fourth-order valence-electron chi connectivity index (χ4n) is 2.51. The highest BCUT2D eigenvalue weighted by molar-refractivity contribution is 6.03. The highest BCUT2D eigenvalue weighted by Gasteiger charge is 2.06. The van der Waals surface area contributed by atoms with Gasteiger partial charge in [-0.05, 0) is 37.0 Å². The monoisotopic (exact) mass is 330 g/mol. The van der Waals surface area contributed by atoms with Gasteiger partial charge in [-0.25, -0.2) is 0 Å². The SMILES string of the molecule is CCCCCCCCc1ccc(C=CC(=O)CC(=O)OCC)cc1. The Kier molecular flexibility index (Phi) is 10.5. The summed E-state index contributed by atoms with van der Waals surface area (Å²) in [6, 6.07) is 8.25. The van der Waals surface area contributed by atoms with Gasteiger partial charge in [0.05, 0.1) is 6.61 Å². The van der Waals surface area contributed by atoms with Crippen LogP contribution in [0.15, 0.2) is 30.3 Å². The standard InChI is InChI=1S/C21H30O3/c1-3-5-6-7-8-9-10-18-11-13-19(14-12-18)15-16-20(22)17-21(23)24-4-2/h11-16H,3-10,17H2,1-2H3. The van der Waals surface area contributed by atoms with Gasteiger partial charge in [-0.15, -0.1) is 0 Å². The summed E-state index contributed by atoms with van der Waals surface area (Å²) in [5.74, 6) is -0.703. The fourth-order valence-corrected chi connectivity index (χ4v) is 2.51. The number of rotatable bonds is 12. The van der Waals surface area contributed by atoms with Crippen molar-refractivity contribution in [3.8, 4) is 0 Å². The van der Waals surface area contributed by atoms with E-state index in [0.717, 1.165) is 12.0 Å². The number of allylic oxidation sites excluding steroid dienone is 1. The Balaban J connectivity index is 2.32. The number of esters is 1. The molecular weight excluding hydrogens is 300 g/mol. The van der Waals surface area contributed by atoms with E-state index in [4.69, 9.17) is 4.74 Å². The molecule has 0 saturated carbocycles. The number of benzene rings is 1. The van der Waals surface area contributed by atoms with Gasteiger partial charge in [0.1, 0.15) is 6.42 Å². The molecule has 132 valence electrons. The predicted octanol–water partition coefficient (Wildman–Crippen LogP) is 5.13. The first-order valence-electron chi connectivity index (χ1n) is 9.11. The van der Waals surface area contributed by atoms with Crippen LogP contribution in [-0.2, 0) is 20.7 Å². The minimum absolute atomic E-state index is 0.194. The maximum atomic E-state index is 11.6. The molecule has 1 rings (SSSR count). The van der Waals surface area contributed by atoms with Crippen molar-refractivity contribution in [3.63, 3.8) is 0 Å². The van der Waals surface area contributed by atoms with Gasteiger partial charge in [0.25, 0.3) is 0 Å². The van der Waals surface area contributed by atoms with Crippen LogP contribution in [0.25, 0.3) is 6.08 Å². The van der Waals surface area contributed by atoms with Crippen molar-refractivity contribution in [3.05, 3.63) is 41.5 Å². The molecular formula is C21H30O3. The lowest BCUT2D eigenvalue weighted by atomic mass is 10.0. The molecule has 0 aliphatic carbocycles. The fraction of sp³-hybridized carbons (Fsp3) is 0.524. The van der Waals surface area contributed by atoms with Gasteiger partial charge in [-0.2, -0.15) is 0 Å². The minimum Gasteiger partial charge on any atom is -0.466 e. The van der Waals surface area contributed by atoms with Crippen molar-refractivity contribution in [2.75, 3.05) is 6.61 Å². The van der Waals surface area contributed by atoms with E-state index in [9.17, 15) is 9.59 Å². The van der Waals surface area contributed by atoms with Crippen molar-refractivity contribution < 1.29 is 14.3 Å². The van der Waals surface area contributed by atoms with Gasteiger partial charge < -0.3 is 4.74 Å². The molecule has 0 aliphatic rings. The Bertz CT molecular complexity index is 514. The minimum atomic E-state index is -0.471. The molecule has 0 saturated heterocycles. The van der Waals surface area contributed by atoms with E-state index in [-0.39, 0.29) is 12.2 Å². The lowest BCUT2D eigenvalue weighted by Gasteiger charge is -2.03. The first-order chi connectivity index (χ1) is 11.7. The van der Waals surface area contributed by atoms with Gasteiger partial charge in [0.15, 0.2) is 5.78 Å². The summed E-state index contributed by atoms with van der Waals surface area (Å²) in [5.41, 5.74) is 2.30. The van der Waals surface area contributed by atoms with E-state index < -0.39 is 5.97 Å². The topological polar surface area (TPSA) is 43.4 Å². The van der Waals surface area contributed by atoms with Crippen LogP contribution >= 0.6 is 0 Å². The summed E-state index contributed by atoms with van der Waals surface area (Å²) in [6.45, 7) is 4.27. The Hall–Kier alpha value is -1.90. The Morgan fingerprint density at radius 1 is 0.958 bits per heavy atom. The quantitative estimate of drug-likeness (QED) is 0.231. The number of carbonyl (C=O) groups excluding carboxylic acids is 2. The number of hydrogen-bond acceptors (Lipinski definition) is 3. The van der Waals surface area contributed by atoms with Gasteiger partial charge in [0, 0.05) is 0 Å². The van der Waals surface area contributed by atoms with Crippen LogP contribution in [-0.4, -0.2) is 18.4 Å². The predicted molar refractivity (Wildman–Crippen MR) is 98.8 cm³/mol. The van der Waals surface area contributed by atoms with Crippen LogP contribution in [0.3, 0.4) is 0 Å². The molecule has 0 fully saturated rings. The van der Waals surface area contributed by atoms with Crippen molar-refractivity contribution in [2.45, 2.75) is 65.2 Å². The van der Waals surface area contributed by atoms with Crippen LogP contribution in [0, 0.1) is 0 Å². The zero-order valence-electron chi connectivity index (χ0n) is 15.1. The second kappa shape index (κ2) is 12.5. The van der Waals surface area contributed by atoms with E-state index in [1.807, 2.05) is 12.1 Å². The van der Waals surface area contributed by atoms with E-state index >= 15 is 0 Å². The van der Waals surface area contributed by atoms with Gasteiger partial charge in [-0.1, -0.05) is 69.4 Å². The molecule has 0 atom stereocenters. The molecule has 0 unspecified atom stereocenters. The van der Waals surface area contributed by atoms with Crippen molar-refractivity contribution in [1.82, 2.24) is 0 Å². The first-order valence-corrected chi connectivity index (χ1v) is 9.11. The molecule has 1 aromatic carbocycles. The molecule has 0 bridgehead atoms. The average molecular weight is 330 g/mol. The third-order valence-corrected chi connectivity index (χ3v) is 3.88. The molecule has 3 heteroatoms. The van der Waals surface area contributed by atoms with Crippen molar-refractivity contribution >= 4 is 17.8 Å². The molecule has 0 spiro atoms. The van der Waals surface area contributed by atoms with E-state index in [1.54, 1.807) is 13.0 Å². The second-order valence-electron chi connectivity index (χ2n) is 6.04. The Labute approximate surface area is 146 Å². The van der Waals surface area contributed by atoms with Gasteiger partial charge in [0.2, 0.25) is 0 Å². The zero-order chi connectivity index (χ0) is 17.6. The molecule has 0 heterocycles. The molecule has 1 aromatic rings. The number of unbranched alkanes of at least 4 members (excludes halogenated alkanes) is 5.